The Balaban J connectivity index is 1.92. The molecule has 1 fully saturated rings. The summed E-state index contributed by atoms with van der Waals surface area (Å²) in [6, 6.07) is 16.4. The number of carbonyl (C=O) groups is 2. The summed E-state index contributed by atoms with van der Waals surface area (Å²) in [7, 11) is 2.98. The second-order valence-electron chi connectivity index (χ2n) is 7.31. The molecule has 1 unspecified atom stereocenters. The van der Waals surface area contributed by atoms with Crippen LogP contribution in [-0.2, 0) is 9.59 Å². The van der Waals surface area contributed by atoms with Crippen LogP contribution in [0.2, 0.25) is 5.02 Å². The van der Waals surface area contributed by atoms with Gasteiger partial charge in [0.15, 0.2) is 0 Å². The van der Waals surface area contributed by atoms with Crippen LogP contribution < -0.4 is 14.4 Å². The summed E-state index contributed by atoms with van der Waals surface area (Å²) in [4.78, 5) is 27.6. The molecule has 3 aromatic rings. The number of anilines is 1. The van der Waals surface area contributed by atoms with E-state index in [4.69, 9.17) is 21.1 Å². The van der Waals surface area contributed by atoms with Crippen LogP contribution in [0.4, 0.5) is 5.69 Å². The van der Waals surface area contributed by atoms with E-state index in [9.17, 15) is 19.8 Å². The molecule has 1 heterocycles. The van der Waals surface area contributed by atoms with Gasteiger partial charge in [0, 0.05) is 11.3 Å². The molecule has 0 bridgehead atoms. The van der Waals surface area contributed by atoms with E-state index in [1.165, 1.54) is 37.3 Å². The molecule has 7 nitrogen and oxygen atoms in total. The smallest absolute Gasteiger partial charge is 0.300 e. The van der Waals surface area contributed by atoms with Gasteiger partial charge in [0.25, 0.3) is 11.7 Å². The van der Waals surface area contributed by atoms with Crippen LogP contribution in [0.3, 0.4) is 0 Å². The number of hydrogen-bond acceptors (Lipinski definition) is 6. The Kier molecular flexibility index (Phi) is 5.98. The van der Waals surface area contributed by atoms with Crippen molar-refractivity contribution in [1.29, 1.82) is 0 Å². The highest BCUT2D eigenvalue weighted by molar-refractivity contribution is 6.51. The van der Waals surface area contributed by atoms with Crippen LogP contribution in [0.5, 0.6) is 17.2 Å². The lowest BCUT2D eigenvalue weighted by atomic mass is 9.95. The van der Waals surface area contributed by atoms with E-state index >= 15 is 0 Å². The minimum Gasteiger partial charge on any atom is -0.508 e. The van der Waals surface area contributed by atoms with Crippen molar-refractivity contribution in [3.05, 3.63) is 88.5 Å². The first-order valence-corrected chi connectivity index (χ1v) is 10.3. The number of aliphatic hydroxyl groups is 1. The molecule has 33 heavy (non-hydrogen) atoms. The number of aromatic hydroxyl groups is 1. The van der Waals surface area contributed by atoms with Crippen LogP contribution in [0, 0.1) is 0 Å². The topological polar surface area (TPSA) is 96.3 Å². The normalized spacial score (nSPS) is 17.3. The van der Waals surface area contributed by atoms with Crippen LogP contribution in [0.15, 0.2) is 72.3 Å². The third kappa shape index (κ3) is 3.99. The van der Waals surface area contributed by atoms with E-state index in [1.807, 2.05) is 0 Å². The number of methoxy groups -OCH3 is 2. The molecule has 1 aliphatic heterocycles. The fraction of sp³-hybridized carbons (Fsp3) is 0.120. The molecule has 1 amide bonds. The molecule has 4 rings (SSSR count). The molecular formula is C25H20ClNO6. The fourth-order valence-corrected chi connectivity index (χ4v) is 4.08. The van der Waals surface area contributed by atoms with Crippen LogP contribution in [0.25, 0.3) is 5.76 Å². The summed E-state index contributed by atoms with van der Waals surface area (Å²) in [5.74, 6) is -1.12. The Morgan fingerprint density at radius 3 is 2.30 bits per heavy atom. The number of nitrogens with zero attached hydrogens (tertiary/aromatic N) is 1. The summed E-state index contributed by atoms with van der Waals surface area (Å²) in [6.45, 7) is 0. The van der Waals surface area contributed by atoms with E-state index in [2.05, 4.69) is 0 Å². The lowest BCUT2D eigenvalue weighted by Gasteiger charge is -2.25. The third-order valence-electron chi connectivity index (χ3n) is 5.41. The molecule has 0 aliphatic carbocycles. The number of halogens is 1. The predicted octanol–water partition coefficient (Wildman–Crippen LogP) is 4.69. The van der Waals surface area contributed by atoms with Gasteiger partial charge < -0.3 is 19.7 Å². The van der Waals surface area contributed by atoms with Crippen molar-refractivity contribution in [2.45, 2.75) is 6.04 Å². The average molecular weight is 466 g/mol. The van der Waals surface area contributed by atoms with E-state index < -0.39 is 17.7 Å². The number of ether oxygens (including phenoxy) is 2. The largest absolute Gasteiger partial charge is 0.508 e. The zero-order valence-corrected chi connectivity index (χ0v) is 18.5. The maximum atomic E-state index is 13.1. The number of phenolic OH excluding ortho intramolecular Hbond substituents is 1. The van der Waals surface area contributed by atoms with Gasteiger partial charge in [-0.3, -0.25) is 14.5 Å². The molecule has 0 radical (unpaired) electrons. The van der Waals surface area contributed by atoms with Gasteiger partial charge in [-0.2, -0.15) is 0 Å². The summed E-state index contributed by atoms with van der Waals surface area (Å²) in [5, 5.41) is 21.4. The first-order valence-electron chi connectivity index (χ1n) is 9.93. The molecule has 0 aromatic heterocycles. The quantitative estimate of drug-likeness (QED) is 0.322. The van der Waals surface area contributed by atoms with Gasteiger partial charge in [-0.15, -0.1) is 0 Å². The van der Waals surface area contributed by atoms with E-state index in [0.29, 0.717) is 22.7 Å². The molecule has 8 heteroatoms. The number of amides is 1. The number of ketones is 1. The maximum absolute atomic E-state index is 13.1. The van der Waals surface area contributed by atoms with E-state index in [-0.39, 0.29) is 27.7 Å². The summed E-state index contributed by atoms with van der Waals surface area (Å²) in [6.07, 6.45) is 0. The Hall–Kier alpha value is -3.97. The van der Waals surface area contributed by atoms with Crippen LogP contribution >= 0.6 is 11.6 Å². The molecule has 168 valence electrons. The molecule has 1 saturated heterocycles. The SMILES string of the molecule is COc1ccc(N2C(=O)C(=O)/C(=C(\O)c3ccc(OC)c(Cl)c3)C2c2cccc(O)c2)cc1. The maximum Gasteiger partial charge on any atom is 0.300 e. The lowest BCUT2D eigenvalue weighted by Crippen LogP contribution is -2.29. The highest BCUT2D eigenvalue weighted by Crippen LogP contribution is 2.43. The number of hydrogen-bond donors (Lipinski definition) is 2. The second kappa shape index (κ2) is 8.88. The highest BCUT2D eigenvalue weighted by Gasteiger charge is 2.47. The van der Waals surface area contributed by atoms with Gasteiger partial charge in [-0.1, -0.05) is 23.7 Å². The molecule has 2 N–H and O–H groups in total. The van der Waals surface area contributed by atoms with Gasteiger partial charge in [0.2, 0.25) is 0 Å². The monoisotopic (exact) mass is 465 g/mol. The van der Waals surface area contributed by atoms with Crippen molar-refractivity contribution in [1.82, 2.24) is 0 Å². The standard InChI is InChI=1S/C25H20ClNO6/c1-32-18-9-7-16(8-10-18)27-22(14-4-3-5-17(28)12-14)21(24(30)25(27)31)23(29)15-6-11-20(33-2)19(26)13-15/h3-13,22,28-29H,1-2H3/b23-21-. The number of rotatable bonds is 5. The molecule has 3 aromatic carbocycles. The first-order chi connectivity index (χ1) is 15.8. The molecule has 0 saturated carbocycles. The minimum absolute atomic E-state index is 0.0414. The Morgan fingerprint density at radius 1 is 0.970 bits per heavy atom. The summed E-state index contributed by atoms with van der Waals surface area (Å²) in [5.41, 5.74) is 1.01. The van der Waals surface area contributed by atoms with Gasteiger partial charge in [-0.05, 0) is 60.2 Å². The van der Waals surface area contributed by atoms with Crippen molar-refractivity contribution in [2.75, 3.05) is 19.1 Å². The minimum atomic E-state index is -0.980. The Labute approximate surface area is 195 Å². The Morgan fingerprint density at radius 2 is 1.70 bits per heavy atom. The number of aliphatic hydroxyl groups excluding tert-OH is 1. The van der Waals surface area contributed by atoms with Crippen molar-refractivity contribution in [3.8, 4) is 17.2 Å². The Bertz CT molecular complexity index is 1270. The summed E-state index contributed by atoms with van der Waals surface area (Å²) < 4.78 is 10.3. The zero-order valence-electron chi connectivity index (χ0n) is 17.8. The number of Topliss-reactive ketones (excluding diaryl/α,β-unsaturated/α-hetero) is 1. The number of benzene rings is 3. The average Bonchev–Trinajstić information content (AvgIpc) is 3.09. The lowest BCUT2D eigenvalue weighted by molar-refractivity contribution is -0.132. The molecular weight excluding hydrogens is 446 g/mol. The van der Waals surface area contributed by atoms with Crippen molar-refractivity contribution < 1.29 is 29.3 Å². The molecule has 0 spiro atoms. The molecule has 1 aliphatic rings. The van der Waals surface area contributed by atoms with E-state index in [1.54, 1.807) is 48.5 Å². The van der Waals surface area contributed by atoms with Crippen molar-refractivity contribution in [3.63, 3.8) is 0 Å². The van der Waals surface area contributed by atoms with Gasteiger partial charge >= 0.3 is 0 Å². The number of carbonyl (C=O) groups excluding carboxylic acids is 2. The van der Waals surface area contributed by atoms with Crippen LogP contribution in [-0.4, -0.2) is 36.1 Å². The van der Waals surface area contributed by atoms with Crippen molar-refractivity contribution in [2.24, 2.45) is 0 Å². The second-order valence-corrected chi connectivity index (χ2v) is 7.72. The van der Waals surface area contributed by atoms with Crippen molar-refractivity contribution >= 4 is 34.7 Å². The number of phenols is 1. The predicted molar refractivity (Wildman–Crippen MR) is 124 cm³/mol. The third-order valence-corrected chi connectivity index (χ3v) is 5.70. The summed E-state index contributed by atoms with van der Waals surface area (Å²) >= 11 is 6.21. The highest BCUT2D eigenvalue weighted by atomic mass is 35.5. The fourth-order valence-electron chi connectivity index (χ4n) is 3.82. The zero-order chi connectivity index (χ0) is 23.7. The van der Waals surface area contributed by atoms with Gasteiger partial charge in [-0.25, -0.2) is 0 Å². The van der Waals surface area contributed by atoms with Gasteiger partial charge in [0.05, 0.1) is 30.9 Å². The van der Waals surface area contributed by atoms with Crippen LogP contribution in [0.1, 0.15) is 17.2 Å². The first kappa shape index (κ1) is 22.2. The van der Waals surface area contributed by atoms with E-state index in [0.717, 1.165) is 0 Å². The van der Waals surface area contributed by atoms with Gasteiger partial charge in [0.1, 0.15) is 23.0 Å². The molecule has 1 atom stereocenters.